The monoisotopic (exact) mass is 252 g/mol. The van der Waals surface area contributed by atoms with Gasteiger partial charge >= 0.3 is 7.73 Å². The first-order valence-corrected chi connectivity index (χ1v) is 6.61. The topological polar surface area (TPSA) is 18.5 Å². The number of benzene rings is 1. The van der Waals surface area contributed by atoms with Gasteiger partial charge in [-0.25, -0.2) is 0 Å². The van der Waals surface area contributed by atoms with E-state index in [2.05, 4.69) is 0 Å². The predicted octanol–water partition coefficient (Wildman–Crippen LogP) is 4.61. The highest BCUT2D eigenvalue weighted by atomic mass is 35.7. The summed E-state index contributed by atoms with van der Waals surface area (Å²) in [5.41, 5.74) is 0. The molecule has 1 unspecified atom stereocenters. The molecular weight excluding hydrogens is 242 g/mol. The van der Waals surface area contributed by atoms with Gasteiger partial charge in [-0.05, 0) is 37.2 Å². The van der Waals surface area contributed by atoms with Crippen LogP contribution in [-0.4, -0.2) is 6.10 Å². The largest absolute Gasteiger partial charge is 0.434 e. The van der Waals surface area contributed by atoms with Crippen LogP contribution in [0.4, 0.5) is 0 Å². The van der Waals surface area contributed by atoms with E-state index in [9.17, 15) is 0 Å². The lowest BCUT2D eigenvalue weighted by molar-refractivity contribution is 0.252. The number of hydrogen-bond donors (Lipinski definition) is 0. The van der Waals surface area contributed by atoms with E-state index >= 15 is 0 Å². The van der Waals surface area contributed by atoms with Gasteiger partial charge in [-0.15, -0.1) is 0 Å². The van der Waals surface area contributed by atoms with Crippen molar-refractivity contribution in [1.29, 1.82) is 0 Å². The molecule has 0 amide bonds. The third-order valence-electron chi connectivity index (χ3n) is 1.30. The Morgan fingerprint density at radius 1 is 1.29 bits per heavy atom. The van der Waals surface area contributed by atoms with Crippen LogP contribution in [0.15, 0.2) is 24.3 Å². The normalized spacial score (nSPS) is 12.9. The zero-order chi connectivity index (χ0) is 10.6. The third kappa shape index (κ3) is 4.02. The van der Waals surface area contributed by atoms with Crippen LogP contribution in [0.1, 0.15) is 13.8 Å². The van der Waals surface area contributed by atoms with Crippen LogP contribution < -0.4 is 4.52 Å². The van der Waals surface area contributed by atoms with Gasteiger partial charge in [0.25, 0.3) is 0 Å². The number of halogens is 2. The highest BCUT2D eigenvalue weighted by Crippen LogP contribution is 2.46. The highest BCUT2D eigenvalue weighted by molar-refractivity contribution is 7.76. The molecule has 1 aromatic rings. The van der Waals surface area contributed by atoms with Crippen molar-refractivity contribution in [3.8, 4) is 5.75 Å². The average molecular weight is 253 g/mol. The van der Waals surface area contributed by atoms with Gasteiger partial charge in [-0.1, -0.05) is 23.7 Å². The molecule has 1 atom stereocenters. The van der Waals surface area contributed by atoms with Crippen LogP contribution in [0.3, 0.4) is 0 Å². The summed E-state index contributed by atoms with van der Waals surface area (Å²) in [7, 11) is -1.42. The summed E-state index contributed by atoms with van der Waals surface area (Å²) in [4.78, 5) is 0. The molecule has 0 aliphatic rings. The van der Waals surface area contributed by atoms with Gasteiger partial charge in [0, 0.05) is 0 Å². The molecule has 0 N–H and O–H groups in total. The third-order valence-corrected chi connectivity index (χ3v) is 2.99. The first-order chi connectivity index (χ1) is 6.59. The van der Waals surface area contributed by atoms with Crippen molar-refractivity contribution in [2.24, 2.45) is 0 Å². The molecule has 1 rings (SSSR count). The summed E-state index contributed by atoms with van der Waals surface area (Å²) >= 11 is 11.7. The summed E-state index contributed by atoms with van der Waals surface area (Å²) in [5, 5.41) is 0.535. The van der Waals surface area contributed by atoms with Gasteiger partial charge in [-0.2, -0.15) is 0 Å². The fourth-order valence-electron chi connectivity index (χ4n) is 0.783. The van der Waals surface area contributed by atoms with Crippen molar-refractivity contribution < 1.29 is 9.05 Å². The Bertz CT molecular complexity index is 294. The van der Waals surface area contributed by atoms with Gasteiger partial charge in [0.05, 0.1) is 11.1 Å². The van der Waals surface area contributed by atoms with E-state index in [1.807, 2.05) is 26.0 Å². The van der Waals surface area contributed by atoms with Crippen LogP contribution in [0.2, 0.25) is 5.02 Å². The van der Waals surface area contributed by atoms with E-state index in [1.165, 1.54) is 0 Å². The highest BCUT2D eigenvalue weighted by Gasteiger charge is 2.12. The Morgan fingerprint density at radius 2 is 1.93 bits per heavy atom. The minimum atomic E-state index is -1.42. The zero-order valence-corrected chi connectivity index (χ0v) is 10.3. The van der Waals surface area contributed by atoms with Crippen molar-refractivity contribution >= 4 is 30.6 Å². The molecule has 0 spiro atoms. The molecule has 0 aromatic heterocycles. The lowest BCUT2D eigenvalue weighted by atomic mass is 10.3. The quantitative estimate of drug-likeness (QED) is 0.729. The maximum atomic E-state index is 5.88. The van der Waals surface area contributed by atoms with Gasteiger partial charge < -0.3 is 9.05 Å². The summed E-state index contributed by atoms with van der Waals surface area (Å²) in [6.45, 7) is 3.79. The fraction of sp³-hybridized carbons (Fsp3) is 0.333. The Morgan fingerprint density at radius 3 is 2.50 bits per heavy atom. The first-order valence-electron chi connectivity index (χ1n) is 4.15. The van der Waals surface area contributed by atoms with Crippen LogP contribution in [0, 0.1) is 0 Å². The molecule has 0 saturated carbocycles. The predicted molar refractivity (Wildman–Crippen MR) is 61.1 cm³/mol. The second kappa shape index (κ2) is 5.77. The molecule has 0 saturated heterocycles. The molecule has 0 aliphatic heterocycles. The number of rotatable bonds is 4. The molecule has 0 aliphatic carbocycles. The Labute approximate surface area is 94.8 Å². The van der Waals surface area contributed by atoms with Crippen molar-refractivity contribution in [3.63, 3.8) is 0 Å². The maximum Gasteiger partial charge on any atom is 0.338 e. The van der Waals surface area contributed by atoms with Gasteiger partial charge in [-0.3, -0.25) is 0 Å². The number of para-hydroxylation sites is 1. The van der Waals surface area contributed by atoms with Gasteiger partial charge in [0.2, 0.25) is 0 Å². The second-order valence-electron chi connectivity index (χ2n) is 2.89. The lowest BCUT2D eigenvalue weighted by Crippen LogP contribution is -1.98. The molecule has 5 heteroatoms. The molecule has 14 heavy (non-hydrogen) atoms. The minimum Gasteiger partial charge on any atom is -0.434 e. The summed E-state index contributed by atoms with van der Waals surface area (Å²) in [6.07, 6.45) is 0.0427. The molecule has 0 bridgehead atoms. The zero-order valence-electron chi connectivity index (χ0n) is 7.91. The molecule has 0 radical (unpaired) electrons. The van der Waals surface area contributed by atoms with Crippen LogP contribution >= 0.6 is 30.6 Å². The minimum absolute atomic E-state index is 0.0427. The molecular formula is C9H11Cl2O2P. The number of hydrogen-bond acceptors (Lipinski definition) is 2. The molecule has 1 aromatic carbocycles. The van der Waals surface area contributed by atoms with E-state index in [0.717, 1.165) is 0 Å². The first kappa shape index (κ1) is 12.1. The fourth-order valence-corrected chi connectivity index (χ4v) is 2.40. The van der Waals surface area contributed by atoms with Crippen molar-refractivity contribution in [1.82, 2.24) is 0 Å². The summed E-state index contributed by atoms with van der Waals surface area (Å²) in [5.74, 6) is 0.552. The Balaban J connectivity index is 2.56. The van der Waals surface area contributed by atoms with Crippen molar-refractivity contribution in [2.75, 3.05) is 0 Å². The van der Waals surface area contributed by atoms with E-state index in [-0.39, 0.29) is 6.10 Å². The second-order valence-corrected chi connectivity index (χ2v) is 4.94. The lowest BCUT2D eigenvalue weighted by Gasteiger charge is -2.14. The van der Waals surface area contributed by atoms with E-state index in [4.69, 9.17) is 31.9 Å². The van der Waals surface area contributed by atoms with Gasteiger partial charge in [0.15, 0.2) is 0 Å². The standard InChI is InChI=1S/C9H11Cl2O2P/c1-7(2)12-14(11)13-9-6-4-3-5-8(9)10/h3-7H,1-2H3. The Hall–Kier alpha value is -0.0100. The van der Waals surface area contributed by atoms with Crippen LogP contribution in [-0.2, 0) is 4.52 Å². The van der Waals surface area contributed by atoms with E-state index in [1.54, 1.807) is 12.1 Å². The van der Waals surface area contributed by atoms with E-state index in [0.29, 0.717) is 10.8 Å². The molecule has 78 valence electrons. The van der Waals surface area contributed by atoms with Gasteiger partial charge in [0.1, 0.15) is 5.75 Å². The van der Waals surface area contributed by atoms with Crippen LogP contribution in [0.25, 0.3) is 0 Å². The Kier molecular flexibility index (Phi) is 4.97. The summed E-state index contributed by atoms with van der Waals surface area (Å²) < 4.78 is 10.6. The molecule has 0 heterocycles. The average Bonchev–Trinajstić information content (AvgIpc) is 2.07. The molecule has 2 nitrogen and oxygen atoms in total. The van der Waals surface area contributed by atoms with E-state index < -0.39 is 7.73 Å². The maximum absolute atomic E-state index is 5.88. The van der Waals surface area contributed by atoms with Crippen LogP contribution in [0.5, 0.6) is 5.75 Å². The summed E-state index contributed by atoms with van der Waals surface area (Å²) in [6, 6.07) is 7.15. The smallest absolute Gasteiger partial charge is 0.338 e. The SMILES string of the molecule is CC(C)OP(Cl)Oc1ccccc1Cl. The van der Waals surface area contributed by atoms with Crippen molar-refractivity contribution in [3.05, 3.63) is 29.3 Å². The molecule has 0 fully saturated rings. The van der Waals surface area contributed by atoms with Crippen molar-refractivity contribution in [2.45, 2.75) is 20.0 Å².